The molecular weight excluding hydrogens is 266 g/mol. The van der Waals surface area contributed by atoms with Gasteiger partial charge in [0, 0.05) is 30.6 Å². The van der Waals surface area contributed by atoms with Crippen molar-refractivity contribution in [3.8, 4) is 0 Å². The van der Waals surface area contributed by atoms with Gasteiger partial charge < -0.3 is 10.6 Å². The van der Waals surface area contributed by atoms with E-state index in [1.807, 2.05) is 32.9 Å². The molecule has 0 bridgehead atoms. The van der Waals surface area contributed by atoms with Crippen molar-refractivity contribution in [2.75, 3.05) is 11.9 Å². The van der Waals surface area contributed by atoms with E-state index >= 15 is 0 Å². The predicted molar refractivity (Wildman–Crippen MR) is 81.2 cm³/mol. The summed E-state index contributed by atoms with van der Waals surface area (Å²) in [6, 6.07) is 3.53. The molecule has 2 amide bonds. The first-order valence-corrected chi connectivity index (χ1v) is 6.80. The van der Waals surface area contributed by atoms with Crippen LogP contribution in [0.4, 0.5) is 10.5 Å². The molecule has 2 heterocycles. The van der Waals surface area contributed by atoms with E-state index in [1.54, 1.807) is 12.4 Å². The molecule has 0 radical (unpaired) electrons. The fraction of sp³-hybridized carbons (Fsp3) is 0.333. The maximum Gasteiger partial charge on any atom is 0.319 e. The minimum absolute atomic E-state index is 0.258. The quantitative estimate of drug-likeness (QED) is 0.902. The third-order valence-corrected chi connectivity index (χ3v) is 2.80. The molecule has 0 spiro atoms. The SMILES string of the molecule is Cc1cncc(NC(=O)NCCc2nc(C)cc(C)n2)c1. The summed E-state index contributed by atoms with van der Waals surface area (Å²) in [5.74, 6) is 0.741. The first kappa shape index (κ1) is 14.9. The summed E-state index contributed by atoms with van der Waals surface area (Å²) in [4.78, 5) is 24.4. The molecular formula is C15H19N5O. The number of hydrogen-bond donors (Lipinski definition) is 2. The van der Waals surface area contributed by atoms with Crippen LogP contribution in [-0.2, 0) is 6.42 Å². The first-order chi connectivity index (χ1) is 10.0. The number of nitrogens with one attached hydrogen (secondary N) is 2. The number of anilines is 1. The molecule has 2 aromatic heterocycles. The molecule has 2 rings (SSSR count). The second kappa shape index (κ2) is 6.78. The van der Waals surface area contributed by atoms with Crippen LogP contribution in [0, 0.1) is 20.8 Å². The standard InChI is InChI=1S/C15H19N5O/c1-10-6-13(9-16-8-10)20-15(21)17-5-4-14-18-11(2)7-12(3)19-14/h6-9H,4-5H2,1-3H3,(H2,17,20,21). The molecule has 0 saturated carbocycles. The van der Waals surface area contributed by atoms with E-state index in [4.69, 9.17) is 0 Å². The second-order valence-corrected chi connectivity index (χ2v) is 4.95. The summed E-state index contributed by atoms with van der Waals surface area (Å²) in [5.41, 5.74) is 3.55. The Labute approximate surface area is 124 Å². The fourth-order valence-electron chi connectivity index (χ4n) is 2.00. The second-order valence-electron chi connectivity index (χ2n) is 4.95. The van der Waals surface area contributed by atoms with Crippen LogP contribution >= 0.6 is 0 Å². The molecule has 0 aromatic carbocycles. The summed E-state index contributed by atoms with van der Waals surface area (Å²) < 4.78 is 0. The molecule has 0 saturated heterocycles. The van der Waals surface area contributed by atoms with Gasteiger partial charge in [-0.05, 0) is 38.5 Å². The van der Waals surface area contributed by atoms with Crippen molar-refractivity contribution in [2.45, 2.75) is 27.2 Å². The number of carbonyl (C=O) groups is 1. The van der Waals surface area contributed by atoms with Gasteiger partial charge in [0.1, 0.15) is 5.82 Å². The van der Waals surface area contributed by atoms with Gasteiger partial charge in [-0.2, -0.15) is 0 Å². The highest BCUT2D eigenvalue weighted by Crippen LogP contribution is 2.06. The number of rotatable bonds is 4. The van der Waals surface area contributed by atoms with Gasteiger partial charge in [-0.3, -0.25) is 4.98 Å². The number of aromatic nitrogens is 3. The van der Waals surface area contributed by atoms with Crippen LogP contribution in [0.25, 0.3) is 0 Å². The van der Waals surface area contributed by atoms with Crippen LogP contribution < -0.4 is 10.6 Å². The molecule has 0 fully saturated rings. The summed E-state index contributed by atoms with van der Waals surface area (Å²) in [6.45, 7) is 6.27. The zero-order valence-corrected chi connectivity index (χ0v) is 12.5. The Bertz CT molecular complexity index is 621. The number of amides is 2. The molecule has 2 aromatic rings. The van der Waals surface area contributed by atoms with E-state index in [2.05, 4.69) is 25.6 Å². The van der Waals surface area contributed by atoms with Gasteiger partial charge >= 0.3 is 6.03 Å². The molecule has 0 aliphatic carbocycles. The largest absolute Gasteiger partial charge is 0.337 e. The van der Waals surface area contributed by atoms with Crippen LogP contribution in [0.2, 0.25) is 0 Å². The van der Waals surface area contributed by atoms with Crippen molar-refractivity contribution in [3.63, 3.8) is 0 Å². The van der Waals surface area contributed by atoms with E-state index < -0.39 is 0 Å². The smallest absolute Gasteiger partial charge is 0.319 e. The lowest BCUT2D eigenvalue weighted by Crippen LogP contribution is -2.30. The summed E-state index contributed by atoms with van der Waals surface area (Å²) >= 11 is 0. The lowest BCUT2D eigenvalue weighted by atomic mass is 10.3. The number of urea groups is 1. The Balaban J connectivity index is 1.81. The van der Waals surface area contributed by atoms with E-state index in [0.29, 0.717) is 18.7 Å². The molecule has 0 aliphatic heterocycles. The Morgan fingerprint density at radius 2 is 1.81 bits per heavy atom. The van der Waals surface area contributed by atoms with E-state index in [-0.39, 0.29) is 6.03 Å². The van der Waals surface area contributed by atoms with Crippen molar-refractivity contribution < 1.29 is 4.79 Å². The molecule has 110 valence electrons. The van der Waals surface area contributed by atoms with Gasteiger partial charge in [0.2, 0.25) is 0 Å². The summed E-state index contributed by atoms with van der Waals surface area (Å²) in [7, 11) is 0. The van der Waals surface area contributed by atoms with E-state index in [0.717, 1.165) is 22.8 Å². The molecule has 21 heavy (non-hydrogen) atoms. The van der Waals surface area contributed by atoms with Gasteiger partial charge in [0.05, 0.1) is 11.9 Å². The van der Waals surface area contributed by atoms with Crippen molar-refractivity contribution in [1.29, 1.82) is 0 Å². The Kier molecular flexibility index (Phi) is 4.81. The molecule has 0 atom stereocenters. The van der Waals surface area contributed by atoms with Gasteiger partial charge in [-0.1, -0.05) is 0 Å². The van der Waals surface area contributed by atoms with Crippen LogP contribution in [0.15, 0.2) is 24.5 Å². The normalized spacial score (nSPS) is 10.2. The highest BCUT2D eigenvalue weighted by atomic mass is 16.2. The summed E-state index contributed by atoms with van der Waals surface area (Å²) in [6.07, 6.45) is 3.95. The van der Waals surface area contributed by atoms with Gasteiger partial charge in [0.25, 0.3) is 0 Å². The average molecular weight is 285 g/mol. The van der Waals surface area contributed by atoms with Crippen LogP contribution in [0.1, 0.15) is 22.8 Å². The van der Waals surface area contributed by atoms with Crippen molar-refractivity contribution in [2.24, 2.45) is 0 Å². The van der Waals surface area contributed by atoms with E-state index in [1.165, 1.54) is 0 Å². The number of hydrogen-bond acceptors (Lipinski definition) is 4. The maximum absolute atomic E-state index is 11.8. The summed E-state index contributed by atoms with van der Waals surface area (Å²) in [5, 5.41) is 5.52. The predicted octanol–water partition coefficient (Wildman–Crippen LogP) is 2.16. The van der Waals surface area contributed by atoms with Crippen LogP contribution in [0.3, 0.4) is 0 Å². The van der Waals surface area contributed by atoms with E-state index in [9.17, 15) is 4.79 Å². The highest BCUT2D eigenvalue weighted by molar-refractivity contribution is 5.89. The molecule has 6 nitrogen and oxygen atoms in total. The van der Waals surface area contributed by atoms with Crippen molar-refractivity contribution in [1.82, 2.24) is 20.3 Å². The third-order valence-electron chi connectivity index (χ3n) is 2.80. The zero-order chi connectivity index (χ0) is 15.2. The Morgan fingerprint density at radius 1 is 1.10 bits per heavy atom. The molecule has 0 unspecified atom stereocenters. The number of carbonyl (C=O) groups excluding carboxylic acids is 1. The van der Waals surface area contributed by atoms with Gasteiger partial charge in [-0.25, -0.2) is 14.8 Å². The average Bonchev–Trinajstić information content (AvgIpc) is 2.37. The number of pyridine rings is 1. The lowest BCUT2D eigenvalue weighted by molar-refractivity contribution is 0.252. The maximum atomic E-state index is 11.8. The first-order valence-electron chi connectivity index (χ1n) is 6.80. The highest BCUT2D eigenvalue weighted by Gasteiger charge is 2.04. The monoisotopic (exact) mass is 285 g/mol. The Hall–Kier alpha value is -2.50. The van der Waals surface area contributed by atoms with Crippen molar-refractivity contribution in [3.05, 3.63) is 47.3 Å². The third kappa shape index (κ3) is 4.83. The fourth-order valence-corrected chi connectivity index (χ4v) is 2.00. The topological polar surface area (TPSA) is 79.8 Å². The molecule has 2 N–H and O–H groups in total. The Morgan fingerprint density at radius 3 is 2.48 bits per heavy atom. The minimum Gasteiger partial charge on any atom is -0.337 e. The number of nitrogens with zero attached hydrogens (tertiary/aromatic N) is 3. The van der Waals surface area contributed by atoms with Crippen LogP contribution in [0.5, 0.6) is 0 Å². The number of aryl methyl sites for hydroxylation is 3. The van der Waals surface area contributed by atoms with Gasteiger partial charge in [0.15, 0.2) is 0 Å². The molecule has 0 aliphatic rings. The minimum atomic E-state index is -0.258. The zero-order valence-electron chi connectivity index (χ0n) is 12.5. The molecule has 6 heteroatoms. The van der Waals surface area contributed by atoms with Gasteiger partial charge in [-0.15, -0.1) is 0 Å². The lowest BCUT2D eigenvalue weighted by Gasteiger charge is -2.08. The van der Waals surface area contributed by atoms with Crippen molar-refractivity contribution >= 4 is 11.7 Å². The van der Waals surface area contributed by atoms with Crippen LogP contribution in [-0.4, -0.2) is 27.5 Å².